The molecular formula is C21H24N2OS2. The smallest absolute Gasteiger partial charge is 0.272 e. The number of rotatable bonds is 7. The fourth-order valence-corrected chi connectivity index (χ4v) is 5.77. The van der Waals surface area contributed by atoms with E-state index in [9.17, 15) is 10.1 Å². The molecule has 0 aromatic heterocycles. The number of amides is 1. The molecule has 136 valence electrons. The van der Waals surface area contributed by atoms with Gasteiger partial charge in [0, 0.05) is 21.9 Å². The molecule has 0 aliphatic rings. The minimum absolute atomic E-state index is 0.151. The number of carbonyl (C=O) groups excluding carboxylic acids is 1. The van der Waals surface area contributed by atoms with Crippen LogP contribution in [0.1, 0.15) is 27.7 Å². The molecule has 0 bridgehead atoms. The Hall–Kier alpha value is -1.90. The van der Waals surface area contributed by atoms with Gasteiger partial charge >= 0.3 is 0 Å². The van der Waals surface area contributed by atoms with Gasteiger partial charge < -0.3 is 0 Å². The maximum Gasteiger partial charge on any atom is 0.272 e. The minimum atomic E-state index is -1.20. The van der Waals surface area contributed by atoms with E-state index in [1.807, 2.05) is 88.4 Å². The lowest BCUT2D eigenvalue weighted by atomic mass is 10.2. The van der Waals surface area contributed by atoms with Gasteiger partial charge in [0.1, 0.15) is 6.07 Å². The quantitative estimate of drug-likeness (QED) is 0.561. The summed E-state index contributed by atoms with van der Waals surface area (Å²) in [5.74, 6) is -0.213. The Bertz CT molecular complexity index is 705. The second-order valence-electron chi connectivity index (χ2n) is 6.37. The van der Waals surface area contributed by atoms with Crippen molar-refractivity contribution in [1.29, 1.82) is 5.26 Å². The zero-order valence-electron chi connectivity index (χ0n) is 15.5. The number of hydrogen-bond acceptors (Lipinski definition) is 4. The Morgan fingerprint density at radius 1 is 0.885 bits per heavy atom. The van der Waals surface area contributed by atoms with E-state index in [-0.39, 0.29) is 16.4 Å². The molecule has 2 rings (SSSR count). The molecule has 0 heterocycles. The molecule has 26 heavy (non-hydrogen) atoms. The van der Waals surface area contributed by atoms with Crippen molar-refractivity contribution >= 4 is 40.8 Å². The van der Waals surface area contributed by atoms with Gasteiger partial charge in [-0.05, 0) is 24.3 Å². The Kier molecular flexibility index (Phi) is 7.19. The van der Waals surface area contributed by atoms with Gasteiger partial charge in [-0.25, -0.2) is 0 Å². The van der Waals surface area contributed by atoms with Crippen LogP contribution < -0.4 is 4.90 Å². The Morgan fingerprint density at radius 2 is 1.27 bits per heavy atom. The number of nitriles is 1. The van der Waals surface area contributed by atoms with Crippen molar-refractivity contribution in [3.05, 3.63) is 60.7 Å². The van der Waals surface area contributed by atoms with Crippen LogP contribution in [0, 0.1) is 11.3 Å². The summed E-state index contributed by atoms with van der Waals surface area (Å²) in [4.78, 5) is 15.4. The van der Waals surface area contributed by atoms with Gasteiger partial charge in [-0.2, -0.15) is 5.26 Å². The summed E-state index contributed by atoms with van der Waals surface area (Å²) in [7, 11) is 0. The van der Waals surface area contributed by atoms with Crippen LogP contribution in [0.3, 0.4) is 0 Å². The number of hydrogen-bond donors (Lipinski definition) is 0. The van der Waals surface area contributed by atoms with E-state index >= 15 is 0 Å². The molecular weight excluding hydrogens is 360 g/mol. The van der Waals surface area contributed by atoms with E-state index in [2.05, 4.69) is 6.07 Å². The second kappa shape index (κ2) is 9.16. The molecule has 0 aliphatic carbocycles. The zero-order valence-corrected chi connectivity index (χ0v) is 17.2. The highest BCUT2D eigenvalue weighted by atomic mass is 32.2. The molecule has 1 amide bonds. The van der Waals surface area contributed by atoms with Crippen LogP contribution >= 0.6 is 23.5 Å². The molecule has 0 aliphatic heterocycles. The second-order valence-corrected chi connectivity index (χ2v) is 10.2. The summed E-state index contributed by atoms with van der Waals surface area (Å²) in [6.07, 6.45) is 0. The lowest BCUT2D eigenvalue weighted by Gasteiger charge is -2.33. The molecule has 0 fully saturated rings. The lowest BCUT2D eigenvalue weighted by Crippen LogP contribution is -2.43. The molecule has 2 aromatic carbocycles. The Balaban J connectivity index is 2.58. The van der Waals surface area contributed by atoms with E-state index in [4.69, 9.17) is 0 Å². The lowest BCUT2D eigenvalue weighted by molar-refractivity contribution is -0.117. The van der Waals surface area contributed by atoms with Crippen molar-refractivity contribution in [2.75, 3.05) is 4.90 Å². The highest BCUT2D eigenvalue weighted by Gasteiger charge is 2.45. The van der Waals surface area contributed by atoms with Crippen molar-refractivity contribution in [3.8, 4) is 6.07 Å². The van der Waals surface area contributed by atoms with Gasteiger partial charge in [0.25, 0.3) is 5.91 Å². The molecule has 0 saturated carbocycles. The van der Waals surface area contributed by atoms with Crippen LogP contribution in [0.15, 0.2) is 60.7 Å². The van der Waals surface area contributed by atoms with Crippen LogP contribution in [0.5, 0.6) is 0 Å². The summed E-state index contributed by atoms with van der Waals surface area (Å²) < 4.78 is -1.20. The third-order valence-corrected chi connectivity index (χ3v) is 6.18. The van der Waals surface area contributed by atoms with Crippen LogP contribution in [0.25, 0.3) is 0 Å². The maximum absolute atomic E-state index is 13.7. The van der Waals surface area contributed by atoms with Gasteiger partial charge in [0.15, 0.2) is 0 Å². The number of thioether (sulfide) groups is 2. The van der Waals surface area contributed by atoms with Crippen LogP contribution in [0.4, 0.5) is 11.4 Å². The average Bonchev–Trinajstić information content (AvgIpc) is 2.62. The molecule has 3 nitrogen and oxygen atoms in total. The van der Waals surface area contributed by atoms with Crippen molar-refractivity contribution in [3.63, 3.8) is 0 Å². The minimum Gasteiger partial charge on any atom is -0.278 e. The summed E-state index contributed by atoms with van der Waals surface area (Å²) >= 11 is 2.82. The van der Waals surface area contributed by atoms with E-state index in [0.29, 0.717) is 0 Å². The molecule has 0 radical (unpaired) electrons. The first-order chi connectivity index (χ1) is 12.4. The van der Waals surface area contributed by atoms with Crippen LogP contribution in [-0.2, 0) is 4.79 Å². The number of nitrogens with zero attached hydrogens (tertiary/aromatic N) is 2. The average molecular weight is 385 g/mol. The van der Waals surface area contributed by atoms with Gasteiger partial charge in [-0.1, -0.05) is 64.1 Å². The van der Waals surface area contributed by atoms with E-state index in [0.717, 1.165) is 11.4 Å². The molecule has 0 N–H and O–H groups in total. The number of anilines is 2. The summed E-state index contributed by atoms with van der Waals surface area (Å²) in [5, 5.41) is 10.4. The van der Waals surface area contributed by atoms with Crippen molar-refractivity contribution in [2.24, 2.45) is 0 Å². The first-order valence-electron chi connectivity index (χ1n) is 8.61. The first kappa shape index (κ1) is 20.4. The summed E-state index contributed by atoms with van der Waals surface area (Å²) in [6.45, 7) is 8.06. The fraction of sp³-hybridized carbons (Fsp3) is 0.333. The zero-order chi connectivity index (χ0) is 19.2. The number of benzene rings is 2. The molecule has 0 unspecified atom stereocenters. The van der Waals surface area contributed by atoms with Gasteiger partial charge in [0.05, 0.1) is 0 Å². The van der Waals surface area contributed by atoms with Crippen molar-refractivity contribution in [1.82, 2.24) is 0 Å². The molecule has 0 atom stereocenters. The number of carbonyl (C=O) groups is 1. The van der Waals surface area contributed by atoms with Crippen LogP contribution in [0.2, 0.25) is 0 Å². The predicted octanol–water partition coefficient (Wildman–Crippen LogP) is 5.85. The van der Waals surface area contributed by atoms with E-state index in [1.165, 1.54) is 23.5 Å². The molecule has 0 spiro atoms. The maximum atomic E-state index is 13.7. The topological polar surface area (TPSA) is 44.1 Å². The van der Waals surface area contributed by atoms with E-state index in [1.54, 1.807) is 4.90 Å². The Morgan fingerprint density at radius 3 is 1.58 bits per heavy atom. The fourth-order valence-electron chi connectivity index (χ4n) is 2.58. The summed E-state index contributed by atoms with van der Waals surface area (Å²) in [5.41, 5.74) is 1.52. The van der Waals surface area contributed by atoms with Crippen molar-refractivity contribution < 1.29 is 4.79 Å². The SMILES string of the molecule is CC(C)SC(C#N)(SC(C)C)C(=O)N(c1ccccc1)c1ccccc1. The number of para-hydroxylation sites is 2. The monoisotopic (exact) mass is 384 g/mol. The third kappa shape index (κ3) is 4.84. The molecule has 5 heteroatoms. The van der Waals surface area contributed by atoms with E-state index < -0.39 is 4.08 Å². The van der Waals surface area contributed by atoms with Crippen molar-refractivity contribution in [2.45, 2.75) is 42.3 Å². The largest absolute Gasteiger partial charge is 0.278 e. The van der Waals surface area contributed by atoms with Gasteiger partial charge in [0.2, 0.25) is 4.08 Å². The highest BCUT2D eigenvalue weighted by Crippen LogP contribution is 2.45. The first-order valence-corrected chi connectivity index (χ1v) is 10.4. The third-order valence-electron chi connectivity index (χ3n) is 3.46. The highest BCUT2D eigenvalue weighted by molar-refractivity contribution is 8.20. The van der Waals surface area contributed by atoms with Gasteiger partial charge in [-0.3, -0.25) is 9.69 Å². The molecule has 0 saturated heterocycles. The Labute approximate surface area is 164 Å². The predicted molar refractivity (Wildman–Crippen MR) is 114 cm³/mol. The standard InChI is InChI=1S/C21H24N2OS2/c1-16(2)25-21(15-22,26-17(3)4)20(24)23(18-11-7-5-8-12-18)19-13-9-6-10-14-19/h5-14,16-17H,1-4H3. The normalized spacial score (nSPS) is 11.4. The summed E-state index contributed by atoms with van der Waals surface area (Å²) in [6, 6.07) is 21.4. The molecule has 2 aromatic rings. The van der Waals surface area contributed by atoms with Crippen LogP contribution in [-0.4, -0.2) is 20.5 Å². The van der Waals surface area contributed by atoms with Gasteiger partial charge in [-0.15, -0.1) is 23.5 Å².